The minimum Gasteiger partial charge on any atom is -0.491 e. The summed E-state index contributed by atoms with van der Waals surface area (Å²) in [6.45, 7) is 7.47. The number of carbonyl (C=O) groups is 1. The molecule has 1 fully saturated rings. The summed E-state index contributed by atoms with van der Waals surface area (Å²) in [5, 5.41) is 2.24. The number of ether oxygens (including phenoxy) is 4. The van der Waals surface area contributed by atoms with Gasteiger partial charge >= 0.3 is 6.09 Å². The Morgan fingerprint density at radius 1 is 1.29 bits per heavy atom. The number of rotatable bonds is 5. The predicted octanol–water partition coefficient (Wildman–Crippen LogP) is 3.22. The van der Waals surface area contributed by atoms with Crippen LogP contribution in [0.25, 0.3) is 12.2 Å². The number of alkyl halides is 1. The number of amides is 1. The van der Waals surface area contributed by atoms with Crippen molar-refractivity contribution in [3.05, 3.63) is 51.7 Å². The van der Waals surface area contributed by atoms with Gasteiger partial charge in [-0.1, -0.05) is 24.3 Å². The summed E-state index contributed by atoms with van der Waals surface area (Å²) < 4.78 is 22.7. The van der Waals surface area contributed by atoms with E-state index in [9.17, 15) is 4.79 Å². The monoisotopic (exact) mass is 486 g/mol. The average Bonchev–Trinajstić information content (AvgIpc) is 3.36. The molecule has 5 rings (SSSR count). The number of hydrogen-bond acceptors (Lipinski definition) is 5. The Bertz CT molecular complexity index is 1170. The van der Waals surface area contributed by atoms with Gasteiger partial charge in [-0.05, 0) is 56.9 Å². The molecular formula is C26H31ClN2O5. The fourth-order valence-corrected chi connectivity index (χ4v) is 5.19. The van der Waals surface area contributed by atoms with E-state index in [2.05, 4.69) is 17.1 Å². The summed E-state index contributed by atoms with van der Waals surface area (Å²) in [5.41, 5.74) is 3.24. The van der Waals surface area contributed by atoms with Crippen LogP contribution in [0, 0.1) is 0 Å². The highest BCUT2D eigenvalue weighted by molar-refractivity contribution is 6.24. The fourth-order valence-electron chi connectivity index (χ4n) is 4.98. The van der Waals surface area contributed by atoms with E-state index >= 15 is 0 Å². The Morgan fingerprint density at radius 2 is 2.09 bits per heavy atom. The van der Waals surface area contributed by atoms with Gasteiger partial charge in [-0.2, -0.15) is 0 Å². The standard InChI is InChI=1S/C26H31ClN2O5/c1-4-31-25(30)29-12-11-20-21-13-17(27)7-10-22(21)28-23(20)24(29)16-5-8-18(9-6-16)32-14-19-15-33-26(2,3)34-19/h5-6,8-10,13,17,19,24,28H,4,7,11-12,14-15H2,1-3H3/t17?,19-,24+/m1/s1. The maximum absolute atomic E-state index is 12.9. The van der Waals surface area contributed by atoms with Crippen LogP contribution in [-0.2, 0) is 20.6 Å². The van der Waals surface area contributed by atoms with Gasteiger partial charge in [0.25, 0.3) is 0 Å². The summed E-state index contributed by atoms with van der Waals surface area (Å²) in [6.07, 6.45) is 5.40. The lowest BCUT2D eigenvalue weighted by Crippen LogP contribution is -2.42. The zero-order valence-corrected chi connectivity index (χ0v) is 20.6. The Hall–Kier alpha value is -2.48. The van der Waals surface area contributed by atoms with Gasteiger partial charge < -0.3 is 23.9 Å². The molecule has 2 aliphatic heterocycles. The van der Waals surface area contributed by atoms with Gasteiger partial charge in [-0.15, -0.1) is 11.6 Å². The minimum atomic E-state index is -0.569. The minimum absolute atomic E-state index is 0.00908. The molecule has 1 N–H and O–H groups in total. The van der Waals surface area contributed by atoms with Crippen LogP contribution in [0.3, 0.4) is 0 Å². The highest BCUT2D eigenvalue weighted by Gasteiger charge is 2.36. The second-order valence-electron chi connectivity index (χ2n) is 9.34. The van der Waals surface area contributed by atoms with Crippen molar-refractivity contribution in [2.24, 2.45) is 0 Å². The quantitative estimate of drug-likeness (QED) is 0.657. The van der Waals surface area contributed by atoms with Gasteiger partial charge in [0.15, 0.2) is 5.79 Å². The van der Waals surface area contributed by atoms with Crippen molar-refractivity contribution in [2.45, 2.75) is 56.9 Å². The summed E-state index contributed by atoms with van der Waals surface area (Å²) in [7, 11) is 0. The van der Waals surface area contributed by atoms with Crippen LogP contribution in [-0.4, -0.2) is 59.6 Å². The van der Waals surface area contributed by atoms with Gasteiger partial charge in [-0.25, -0.2) is 4.79 Å². The van der Waals surface area contributed by atoms with Crippen molar-refractivity contribution in [2.75, 3.05) is 26.4 Å². The molecule has 3 aliphatic rings. The number of H-pyrrole nitrogens is 1. The molecule has 3 atom stereocenters. The second-order valence-corrected chi connectivity index (χ2v) is 9.90. The number of hydrogen-bond donors (Lipinski definition) is 1. The molecule has 0 saturated carbocycles. The number of nitrogens with zero attached hydrogens (tertiary/aromatic N) is 1. The summed E-state index contributed by atoms with van der Waals surface area (Å²) in [4.78, 5) is 18.2. The highest BCUT2D eigenvalue weighted by atomic mass is 35.5. The molecule has 8 heteroatoms. The normalized spacial score (nSPS) is 25.1. The van der Waals surface area contributed by atoms with E-state index in [0.717, 1.165) is 40.4 Å². The number of nitrogens with one attached hydrogen (secondary N) is 1. The third-order valence-corrected chi connectivity index (χ3v) is 6.80. The molecule has 2 aromatic rings. The lowest BCUT2D eigenvalue weighted by molar-refractivity contribution is -0.141. The molecule has 1 amide bonds. The van der Waals surface area contributed by atoms with Crippen molar-refractivity contribution in [1.82, 2.24) is 9.88 Å². The maximum Gasteiger partial charge on any atom is 0.410 e. The Balaban J connectivity index is 1.42. The zero-order valence-electron chi connectivity index (χ0n) is 19.8. The number of benzene rings is 1. The summed E-state index contributed by atoms with van der Waals surface area (Å²) >= 11 is 6.41. The van der Waals surface area contributed by atoms with Crippen molar-refractivity contribution in [3.8, 4) is 5.75 Å². The Labute approximate surface area is 204 Å². The van der Waals surface area contributed by atoms with Gasteiger partial charge in [0.1, 0.15) is 24.5 Å². The third-order valence-electron chi connectivity index (χ3n) is 6.49. The highest BCUT2D eigenvalue weighted by Crippen LogP contribution is 2.34. The van der Waals surface area contributed by atoms with Crippen LogP contribution in [0.5, 0.6) is 5.75 Å². The molecule has 1 aliphatic carbocycles. The average molecular weight is 487 g/mol. The Kier molecular flexibility index (Phi) is 6.35. The first-order valence-corrected chi connectivity index (χ1v) is 12.3. The van der Waals surface area contributed by atoms with E-state index < -0.39 is 5.79 Å². The summed E-state index contributed by atoms with van der Waals surface area (Å²) in [5.74, 6) is 0.175. The number of carbonyl (C=O) groups excluding carboxylic acids is 1. The molecule has 182 valence electrons. The van der Waals surface area contributed by atoms with Gasteiger partial charge in [0.2, 0.25) is 0 Å². The number of aromatic amines is 1. The van der Waals surface area contributed by atoms with Crippen LogP contribution in [0.4, 0.5) is 4.79 Å². The molecule has 0 radical (unpaired) electrons. The van der Waals surface area contributed by atoms with E-state index in [1.807, 2.05) is 45.0 Å². The van der Waals surface area contributed by atoms with Crippen LogP contribution >= 0.6 is 11.6 Å². The maximum atomic E-state index is 12.9. The fraction of sp³-hybridized carbons (Fsp3) is 0.500. The molecule has 34 heavy (non-hydrogen) atoms. The molecule has 0 bridgehead atoms. The van der Waals surface area contributed by atoms with Crippen molar-refractivity contribution in [1.29, 1.82) is 0 Å². The Morgan fingerprint density at radius 3 is 2.79 bits per heavy atom. The van der Waals surface area contributed by atoms with Crippen LogP contribution in [0.1, 0.15) is 50.1 Å². The van der Waals surface area contributed by atoms with Gasteiger partial charge in [0.05, 0.1) is 18.6 Å². The van der Waals surface area contributed by atoms with E-state index in [0.29, 0.717) is 26.4 Å². The van der Waals surface area contributed by atoms with Crippen LogP contribution in [0.15, 0.2) is 24.3 Å². The SMILES string of the molecule is CCOC(=O)N1CCc2c([nH]c3c2=CC(Cl)CC=3)[C@@H]1c1ccc(OC[C@@H]2COC(C)(C)O2)cc1. The second kappa shape index (κ2) is 9.29. The smallest absolute Gasteiger partial charge is 0.410 e. The van der Waals surface area contributed by atoms with Crippen molar-refractivity contribution in [3.63, 3.8) is 0 Å². The van der Waals surface area contributed by atoms with E-state index in [1.165, 1.54) is 5.56 Å². The molecule has 1 aromatic heterocycles. The molecule has 0 spiro atoms. The third kappa shape index (κ3) is 4.57. The predicted molar refractivity (Wildman–Crippen MR) is 129 cm³/mol. The molecule has 1 aromatic carbocycles. The molecule has 1 saturated heterocycles. The van der Waals surface area contributed by atoms with Crippen LogP contribution < -0.4 is 15.3 Å². The van der Waals surface area contributed by atoms with Crippen molar-refractivity contribution < 1.29 is 23.7 Å². The van der Waals surface area contributed by atoms with Gasteiger partial charge in [0, 0.05) is 22.8 Å². The molecule has 1 unspecified atom stereocenters. The van der Waals surface area contributed by atoms with Crippen molar-refractivity contribution >= 4 is 29.8 Å². The van der Waals surface area contributed by atoms with E-state index in [1.54, 1.807) is 4.90 Å². The van der Waals surface area contributed by atoms with Gasteiger partial charge in [-0.3, -0.25) is 4.90 Å². The van der Waals surface area contributed by atoms with Crippen LogP contribution in [0.2, 0.25) is 0 Å². The molecule has 3 heterocycles. The lowest BCUT2D eigenvalue weighted by Gasteiger charge is -2.35. The first-order valence-electron chi connectivity index (χ1n) is 11.9. The van der Waals surface area contributed by atoms with E-state index in [-0.39, 0.29) is 23.6 Å². The van der Waals surface area contributed by atoms with E-state index in [4.69, 9.17) is 30.5 Å². The molecule has 7 nitrogen and oxygen atoms in total. The summed E-state index contributed by atoms with van der Waals surface area (Å²) in [6, 6.07) is 7.61. The lowest BCUT2D eigenvalue weighted by atomic mass is 9.92. The number of aromatic nitrogens is 1. The largest absolute Gasteiger partial charge is 0.491 e. The topological polar surface area (TPSA) is 73.0 Å². The zero-order chi connectivity index (χ0) is 23.9. The number of fused-ring (bicyclic) bond motifs is 3. The molecular weight excluding hydrogens is 456 g/mol. The first-order chi connectivity index (χ1) is 16.3. The number of halogens is 1. The first kappa shape index (κ1) is 23.3.